The maximum absolute atomic E-state index is 11.2. The van der Waals surface area contributed by atoms with Crippen molar-refractivity contribution in [2.75, 3.05) is 13.6 Å². The van der Waals surface area contributed by atoms with Gasteiger partial charge in [-0.3, -0.25) is 9.59 Å². The lowest BCUT2D eigenvalue weighted by molar-refractivity contribution is -0.132. The van der Waals surface area contributed by atoms with E-state index in [-0.39, 0.29) is 11.7 Å². The average Bonchev–Trinajstić information content (AvgIpc) is 2.61. The maximum atomic E-state index is 11.2. The molecule has 0 bridgehead atoms. The molecular weight excluding hydrogens is 130 g/mol. The molecule has 0 aromatic carbocycles. The fourth-order valence-electron chi connectivity index (χ4n) is 1.54. The lowest BCUT2D eigenvalue weighted by Gasteiger charge is -2.05. The van der Waals surface area contributed by atoms with E-state index in [0.29, 0.717) is 6.54 Å². The highest BCUT2D eigenvalue weighted by Gasteiger charge is 2.61. The molecule has 0 N–H and O–H groups in total. The molecule has 1 aliphatic carbocycles. The van der Waals surface area contributed by atoms with Crippen molar-refractivity contribution in [3.63, 3.8) is 0 Å². The number of carbonyl (C=O) groups excluding carboxylic acids is 2. The molecule has 1 saturated carbocycles. The average molecular weight is 139 g/mol. The quantitative estimate of drug-likeness (QED) is 0.436. The molecule has 0 atom stereocenters. The van der Waals surface area contributed by atoms with E-state index in [2.05, 4.69) is 0 Å². The number of carbonyl (C=O) groups is 2. The summed E-state index contributed by atoms with van der Waals surface area (Å²) in [5, 5.41) is 0. The van der Waals surface area contributed by atoms with Gasteiger partial charge in [-0.1, -0.05) is 0 Å². The number of likely N-dealkylation sites (tertiary alicyclic amines) is 1. The fourth-order valence-corrected chi connectivity index (χ4v) is 1.54. The predicted molar refractivity (Wildman–Crippen MR) is 34.3 cm³/mol. The second-order valence-corrected chi connectivity index (χ2v) is 3.17. The van der Waals surface area contributed by atoms with Crippen molar-refractivity contribution in [1.29, 1.82) is 0 Å². The van der Waals surface area contributed by atoms with E-state index in [1.165, 1.54) is 4.90 Å². The third-order valence-corrected chi connectivity index (χ3v) is 2.42. The van der Waals surface area contributed by atoms with Crippen LogP contribution < -0.4 is 0 Å². The van der Waals surface area contributed by atoms with E-state index < -0.39 is 5.41 Å². The molecule has 10 heavy (non-hydrogen) atoms. The van der Waals surface area contributed by atoms with Gasteiger partial charge in [0.2, 0.25) is 5.91 Å². The van der Waals surface area contributed by atoms with Crippen molar-refractivity contribution in [2.45, 2.75) is 12.8 Å². The van der Waals surface area contributed by atoms with Crippen LogP contribution in [0.15, 0.2) is 0 Å². The third kappa shape index (κ3) is 0.462. The molecule has 0 aromatic heterocycles. The summed E-state index contributed by atoms with van der Waals surface area (Å²) in [6.07, 6.45) is 1.57. The normalized spacial score (nSPS) is 28.3. The Morgan fingerprint density at radius 1 is 1.40 bits per heavy atom. The topological polar surface area (TPSA) is 37.4 Å². The van der Waals surface area contributed by atoms with Gasteiger partial charge in [-0.25, -0.2) is 0 Å². The molecule has 0 radical (unpaired) electrons. The molecular formula is C7H9NO2. The van der Waals surface area contributed by atoms with E-state index in [9.17, 15) is 9.59 Å². The summed E-state index contributed by atoms with van der Waals surface area (Å²) in [6, 6.07) is 0. The zero-order valence-electron chi connectivity index (χ0n) is 5.89. The first-order valence-electron chi connectivity index (χ1n) is 3.46. The van der Waals surface area contributed by atoms with E-state index in [4.69, 9.17) is 0 Å². The first-order valence-corrected chi connectivity index (χ1v) is 3.46. The summed E-state index contributed by atoms with van der Waals surface area (Å²) in [6.45, 7) is 0.332. The summed E-state index contributed by atoms with van der Waals surface area (Å²) in [7, 11) is 1.69. The van der Waals surface area contributed by atoms with Crippen LogP contribution in [0.5, 0.6) is 0 Å². The van der Waals surface area contributed by atoms with Gasteiger partial charge in [0.15, 0.2) is 5.78 Å². The number of rotatable bonds is 0. The maximum Gasteiger partial charge on any atom is 0.236 e. The van der Waals surface area contributed by atoms with Crippen LogP contribution in [0.1, 0.15) is 12.8 Å². The van der Waals surface area contributed by atoms with Crippen LogP contribution in [-0.2, 0) is 9.59 Å². The second kappa shape index (κ2) is 1.41. The van der Waals surface area contributed by atoms with Gasteiger partial charge in [0.1, 0.15) is 5.41 Å². The molecule has 54 valence electrons. The lowest BCUT2D eigenvalue weighted by atomic mass is 10.1. The van der Waals surface area contributed by atoms with Crippen molar-refractivity contribution in [2.24, 2.45) is 5.41 Å². The molecule has 1 saturated heterocycles. The zero-order valence-corrected chi connectivity index (χ0v) is 5.89. The second-order valence-electron chi connectivity index (χ2n) is 3.17. The number of amides is 1. The highest BCUT2D eigenvalue weighted by atomic mass is 16.2. The highest BCUT2D eigenvalue weighted by Crippen LogP contribution is 2.50. The number of hydrogen-bond acceptors (Lipinski definition) is 2. The molecule has 1 heterocycles. The van der Waals surface area contributed by atoms with Crippen LogP contribution in [0.3, 0.4) is 0 Å². The fraction of sp³-hybridized carbons (Fsp3) is 0.714. The Bertz CT molecular complexity index is 218. The Kier molecular flexibility index (Phi) is 0.832. The molecule has 2 fully saturated rings. The first kappa shape index (κ1) is 5.89. The minimum atomic E-state index is -0.519. The van der Waals surface area contributed by atoms with Gasteiger partial charge in [-0.15, -0.1) is 0 Å². The van der Waals surface area contributed by atoms with E-state index >= 15 is 0 Å². The Morgan fingerprint density at radius 3 is 2.20 bits per heavy atom. The molecule has 1 amide bonds. The van der Waals surface area contributed by atoms with Crippen molar-refractivity contribution in [3.8, 4) is 0 Å². The van der Waals surface area contributed by atoms with Crippen molar-refractivity contribution >= 4 is 11.7 Å². The van der Waals surface area contributed by atoms with Gasteiger partial charge in [-0.2, -0.15) is 0 Å². The van der Waals surface area contributed by atoms with Crippen LogP contribution >= 0.6 is 0 Å². The summed E-state index contributed by atoms with van der Waals surface area (Å²) >= 11 is 0. The van der Waals surface area contributed by atoms with Crippen LogP contribution in [0.2, 0.25) is 0 Å². The molecule has 1 aliphatic heterocycles. The van der Waals surface area contributed by atoms with E-state index in [1.807, 2.05) is 0 Å². The summed E-state index contributed by atoms with van der Waals surface area (Å²) in [5.74, 6) is 0.164. The van der Waals surface area contributed by atoms with Crippen LogP contribution in [0.25, 0.3) is 0 Å². The first-order chi connectivity index (χ1) is 4.67. The van der Waals surface area contributed by atoms with Crippen LogP contribution in [-0.4, -0.2) is 30.2 Å². The van der Waals surface area contributed by atoms with Gasteiger partial charge in [-0.05, 0) is 12.8 Å². The van der Waals surface area contributed by atoms with E-state index in [0.717, 1.165) is 12.8 Å². The highest BCUT2D eigenvalue weighted by molar-refractivity contribution is 6.14. The predicted octanol–water partition coefficient (Wildman–Crippen LogP) is -0.192. The smallest absolute Gasteiger partial charge is 0.236 e. The van der Waals surface area contributed by atoms with E-state index in [1.54, 1.807) is 7.05 Å². The van der Waals surface area contributed by atoms with Gasteiger partial charge in [0.25, 0.3) is 0 Å². The monoisotopic (exact) mass is 139 g/mol. The van der Waals surface area contributed by atoms with Crippen LogP contribution in [0, 0.1) is 5.41 Å². The molecule has 3 nitrogen and oxygen atoms in total. The largest absolute Gasteiger partial charge is 0.338 e. The molecule has 2 aliphatic rings. The van der Waals surface area contributed by atoms with Gasteiger partial charge >= 0.3 is 0 Å². The molecule has 1 spiro atoms. The SMILES string of the molecule is CN1CC(=O)C2(CC2)C1=O. The Morgan fingerprint density at radius 2 is 2.00 bits per heavy atom. The Labute approximate surface area is 59.0 Å². The number of hydrogen-bond donors (Lipinski definition) is 0. The molecule has 0 aromatic rings. The summed E-state index contributed by atoms with van der Waals surface area (Å²) < 4.78 is 0. The van der Waals surface area contributed by atoms with Crippen molar-refractivity contribution in [1.82, 2.24) is 4.90 Å². The summed E-state index contributed by atoms with van der Waals surface area (Å²) in [5.41, 5.74) is -0.519. The molecule has 2 rings (SSSR count). The lowest BCUT2D eigenvalue weighted by Crippen LogP contribution is -2.23. The minimum Gasteiger partial charge on any atom is -0.338 e. The number of ketones is 1. The Balaban J connectivity index is 2.36. The number of nitrogens with zero attached hydrogens (tertiary/aromatic N) is 1. The Hall–Kier alpha value is -0.860. The van der Waals surface area contributed by atoms with Gasteiger partial charge in [0.05, 0.1) is 6.54 Å². The van der Waals surface area contributed by atoms with Gasteiger partial charge < -0.3 is 4.90 Å². The minimum absolute atomic E-state index is 0.0394. The standard InChI is InChI=1S/C7H9NO2/c1-8-4-5(9)7(2-3-7)6(8)10/h2-4H2,1H3. The summed E-state index contributed by atoms with van der Waals surface area (Å²) in [4.78, 5) is 23.8. The van der Waals surface area contributed by atoms with Crippen molar-refractivity contribution < 1.29 is 9.59 Å². The van der Waals surface area contributed by atoms with Gasteiger partial charge in [0, 0.05) is 7.05 Å². The number of likely N-dealkylation sites (N-methyl/N-ethyl adjacent to an activating group) is 1. The molecule has 0 unspecified atom stereocenters. The molecule has 3 heteroatoms. The number of Topliss-reactive ketones (excluding diaryl/α,β-unsaturated/α-hetero) is 1. The zero-order chi connectivity index (χ0) is 7.35. The van der Waals surface area contributed by atoms with Crippen LogP contribution in [0.4, 0.5) is 0 Å². The van der Waals surface area contributed by atoms with Crippen molar-refractivity contribution in [3.05, 3.63) is 0 Å². The third-order valence-electron chi connectivity index (χ3n) is 2.42.